The largest absolute Gasteiger partial charge is 0.353 e. The molecule has 0 bridgehead atoms. The fourth-order valence-corrected chi connectivity index (χ4v) is 1.78. The van der Waals surface area contributed by atoms with Crippen LogP contribution in [0.5, 0.6) is 0 Å². The van der Waals surface area contributed by atoms with E-state index in [-0.39, 0.29) is 5.91 Å². The highest BCUT2D eigenvalue weighted by Gasteiger charge is 2.16. The van der Waals surface area contributed by atoms with Gasteiger partial charge in [-0.15, -0.1) is 0 Å². The number of carbonyl (C=O) groups is 1. The minimum absolute atomic E-state index is 0.0716. The normalized spacial score (nSPS) is 21.1. The Kier molecular flexibility index (Phi) is 3.23. The smallest absolute Gasteiger partial charge is 0.234 e. The molecule has 1 aliphatic rings. The van der Waals surface area contributed by atoms with Crippen molar-refractivity contribution < 1.29 is 4.79 Å². The standard InChI is InChI=1S/C11H13ClN2O/c12-9-3-1-8(2-4-9)5-10-6-14-11(15)7-13-10/h1-4,10,13H,5-7H2,(H,14,15). The van der Waals surface area contributed by atoms with Crippen LogP contribution in [0, 0.1) is 0 Å². The van der Waals surface area contributed by atoms with Crippen molar-refractivity contribution in [2.24, 2.45) is 0 Å². The summed E-state index contributed by atoms with van der Waals surface area (Å²) < 4.78 is 0. The van der Waals surface area contributed by atoms with Gasteiger partial charge in [0.1, 0.15) is 0 Å². The molecule has 2 rings (SSSR count). The first-order valence-electron chi connectivity index (χ1n) is 4.98. The van der Waals surface area contributed by atoms with Crippen LogP contribution in [0.2, 0.25) is 5.02 Å². The van der Waals surface area contributed by atoms with Crippen LogP contribution in [0.1, 0.15) is 5.56 Å². The van der Waals surface area contributed by atoms with Crippen molar-refractivity contribution in [3.05, 3.63) is 34.9 Å². The Morgan fingerprint density at radius 3 is 2.67 bits per heavy atom. The summed E-state index contributed by atoms with van der Waals surface area (Å²) in [5.74, 6) is 0.0716. The van der Waals surface area contributed by atoms with Gasteiger partial charge >= 0.3 is 0 Å². The molecule has 1 aromatic rings. The van der Waals surface area contributed by atoms with Gasteiger partial charge in [-0.25, -0.2) is 0 Å². The van der Waals surface area contributed by atoms with Crippen molar-refractivity contribution in [3.63, 3.8) is 0 Å². The first-order chi connectivity index (χ1) is 7.24. The molecular weight excluding hydrogens is 212 g/mol. The minimum atomic E-state index is 0.0716. The van der Waals surface area contributed by atoms with E-state index in [1.807, 2.05) is 24.3 Å². The fraction of sp³-hybridized carbons (Fsp3) is 0.364. The molecule has 3 nitrogen and oxygen atoms in total. The second-order valence-electron chi connectivity index (χ2n) is 3.71. The summed E-state index contributed by atoms with van der Waals surface area (Å²) in [6.07, 6.45) is 0.914. The zero-order chi connectivity index (χ0) is 10.7. The van der Waals surface area contributed by atoms with Crippen LogP contribution >= 0.6 is 11.6 Å². The summed E-state index contributed by atoms with van der Waals surface area (Å²) in [7, 11) is 0. The summed E-state index contributed by atoms with van der Waals surface area (Å²) in [4.78, 5) is 10.9. The Bertz CT molecular complexity index is 340. The van der Waals surface area contributed by atoms with Crippen molar-refractivity contribution >= 4 is 17.5 Å². The molecule has 0 aromatic heterocycles. The van der Waals surface area contributed by atoms with E-state index in [1.165, 1.54) is 5.56 Å². The molecule has 1 aromatic carbocycles. The molecular formula is C11H13ClN2O. The lowest BCUT2D eigenvalue weighted by atomic mass is 10.0. The van der Waals surface area contributed by atoms with E-state index in [9.17, 15) is 4.79 Å². The number of halogens is 1. The second-order valence-corrected chi connectivity index (χ2v) is 4.15. The SMILES string of the molecule is O=C1CNC(Cc2ccc(Cl)cc2)CN1. The maximum atomic E-state index is 10.9. The lowest BCUT2D eigenvalue weighted by Crippen LogP contribution is -2.52. The zero-order valence-electron chi connectivity index (χ0n) is 8.29. The maximum Gasteiger partial charge on any atom is 0.234 e. The lowest BCUT2D eigenvalue weighted by Gasteiger charge is -2.24. The number of hydrogen-bond acceptors (Lipinski definition) is 2. The van der Waals surface area contributed by atoms with Gasteiger partial charge in [0.25, 0.3) is 0 Å². The number of hydrogen-bond donors (Lipinski definition) is 2. The third-order valence-electron chi connectivity index (χ3n) is 2.49. The topological polar surface area (TPSA) is 41.1 Å². The van der Waals surface area contributed by atoms with E-state index in [4.69, 9.17) is 11.6 Å². The van der Waals surface area contributed by atoms with Gasteiger partial charge in [0, 0.05) is 17.6 Å². The van der Waals surface area contributed by atoms with Gasteiger partial charge < -0.3 is 10.6 Å². The molecule has 1 unspecified atom stereocenters. The molecule has 0 radical (unpaired) electrons. The molecule has 80 valence electrons. The summed E-state index contributed by atoms with van der Waals surface area (Å²) in [5.41, 5.74) is 1.23. The molecule has 1 saturated heterocycles. The highest BCUT2D eigenvalue weighted by molar-refractivity contribution is 6.30. The molecule has 0 aliphatic carbocycles. The first-order valence-corrected chi connectivity index (χ1v) is 5.36. The third-order valence-corrected chi connectivity index (χ3v) is 2.74. The van der Waals surface area contributed by atoms with E-state index in [1.54, 1.807) is 0 Å². The lowest BCUT2D eigenvalue weighted by molar-refractivity contribution is -0.121. The third kappa shape index (κ3) is 2.94. The molecule has 1 amide bonds. The number of amides is 1. The van der Waals surface area contributed by atoms with E-state index in [0.29, 0.717) is 19.1 Å². The highest BCUT2D eigenvalue weighted by atomic mass is 35.5. The predicted molar refractivity (Wildman–Crippen MR) is 60.0 cm³/mol. The van der Waals surface area contributed by atoms with Crippen LogP contribution in [0.4, 0.5) is 0 Å². The Hall–Kier alpha value is -1.06. The van der Waals surface area contributed by atoms with Gasteiger partial charge in [-0.3, -0.25) is 4.79 Å². The van der Waals surface area contributed by atoms with E-state index < -0.39 is 0 Å². The number of carbonyl (C=O) groups excluding carboxylic acids is 1. The predicted octanol–water partition coefficient (Wildman–Crippen LogP) is 0.970. The average molecular weight is 225 g/mol. The van der Waals surface area contributed by atoms with Crippen molar-refractivity contribution in [2.45, 2.75) is 12.5 Å². The summed E-state index contributed by atoms with van der Waals surface area (Å²) in [6, 6.07) is 8.13. The fourth-order valence-electron chi connectivity index (χ4n) is 1.66. The van der Waals surface area contributed by atoms with E-state index in [2.05, 4.69) is 10.6 Å². The molecule has 0 saturated carbocycles. The first kappa shape index (κ1) is 10.5. The van der Waals surface area contributed by atoms with E-state index in [0.717, 1.165) is 11.4 Å². The number of piperazine rings is 1. The number of rotatable bonds is 2. The molecule has 15 heavy (non-hydrogen) atoms. The average Bonchev–Trinajstić information content (AvgIpc) is 2.25. The summed E-state index contributed by atoms with van der Waals surface area (Å²) in [6.45, 7) is 1.11. The van der Waals surface area contributed by atoms with Crippen molar-refractivity contribution in [2.75, 3.05) is 13.1 Å². The molecule has 4 heteroatoms. The Balaban J connectivity index is 1.91. The van der Waals surface area contributed by atoms with Crippen molar-refractivity contribution in [1.82, 2.24) is 10.6 Å². The van der Waals surface area contributed by atoms with Crippen LogP contribution in [-0.4, -0.2) is 25.0 Å². The minimum Gasteiger partial charge on any atom is -0.353 e. The van der Waals surface area contributed by atoms with Crippen LogP contribution in [-0.2, 0) is 11.2 Å². The molecule has 1 fully saturated rings. The molecule has 1 heterocycles. The Morgan fingerprint density at radius 2 is 2.07 bits per heavy atom. The summed E-state index contributed by atoms with van der Waals surface area (Å²) >= 11 is 5.80. The Morgan fingerprint density at radius 1 is 1.33 bits per heavy atom. The second kappa shape index (κ2) is 4.64. The van der Waals surface area contributed by atoms with Crippen molar-refractivity contribution in [1.29, 1.82) is 0 Å². The molecule has 1 atom stereocenters. The zero-order valence-corrected chi connectivity index (χ0v) is 9.05. The summed E-state index contributed by atoms with van der Waals surface area (Å²) in [5, 5.41) is 6.78. The van der Waals surface area contributed by atoms with Crippen LogP contribution in [0.25, 0.3) is 0 Å². The monoisotopic (exact) mass is 224 g/mol. The van der Waals surface area contributed by atoms with Gasteiger partial charge in [0.15, 0.2) is 0 Å². The molecule has 0 spiro atoms. The van der Waals surface area contributed by atoms with E-state index >= 15 is 0 Å². The van der Waals surface area contributed by atoms with Gasteiger partial charge in [0.2, 0.25) is 5.91 Å². The van der Waals surface area contributed by atoms with Gasteiger partial charge in [0.05, 0.1) is 6.54 Å². The maximum absolute atomic E-state index is 10.9. The van der Waals surface area contributed by atoms with Gasteiger partial charge in [-0.05, 0) is 24.1 Å². The quantitative estimate of drug-likeness (QED) is 0.786. The van der Waals surface area contributed by atoms with Crippen LogP contribution in [0.3, 0.4) is 0 Å². The molecule has 1 aliphatic heterocycles. The van der Waals surface area contributed by atoms with Crippen LogP contribution < -0.4 is 10.6 Å². The highest BCUT2D eigenvalue weighted by Crippen LogP contribution is 2.11. The molecule has 2 N–H and O–H groups in total. The van der Waals surface area contributed by atoms with Gasteiger partial charge in [-0.2, -0.15) is 0 Å². The number of nitrogens with one attached hydrogen (secondary N) is 2. The van der Waals surface area contributed by atoms with Gasteiger partial charge in [-0.1, -0.05) is 23.7 Å². The Labute approximate surface area is 93.8 Å². The van der Waals surface area contributed by atoms with Crippen LogP contribution in [0.15, 0.2) is 24.3 Å². The number of benzene rings is 1. The van der Waals surface area contributed by atoms with Crippen molar-refractivity contribution in [3.8, 4) is 0 Å².